The molecule has 21 heavy (non-hydrogen) atoms. The first kappa shape index (κ1) is 16.0. The van der Waals surface area contributed by atoms with Crippen molar-refractivity contribution in [2.75, 3.05) is 0 Å². The summed E-state index contributed by atoms with van der Waals surface area (Å²) in [7, 11) is 0. The Kier molecular flexibility index (Phi) is 5.34. The lowest BCUT2D eigenvalue weighted by Crippen LogP contribution is -2.16. The Morgan fingerprint density at radius 1 is 1.29 bits per heavy atom. The number of thiazole rings is 1. The maximum Gasteiger partial charge on any atom is 0.248 e. The van der Waals surface area contributed by atoms with Crippen molar-refractivity contribution in [2.45, 2.75) is 59.4 Å². The summed E-state index contributed by atoms with van der Waals surface area (Å²) >= 11 is 1.63. The minimum absolute atomic E-state index is 0.0157. The molecule has 0 saturated heterocycles. The third-order valence-corrected chi connectivity index (χ3v) is 4.55. The fourth-order valence-corrected chi connectivity index (χ4v) is 3.47. The standard InChI is InChI=1S/C17H24N2OS/c1-5-7-16(20)18-17-19(10-6-2)14-9-8-13(12(3)4)11-15(14)21-17/h8-9,11-12H,5-7,10H2,1-4H3. The first-order chi connectivity index (χ1) is 10.1. The van der Waals surface area contributed by atoms with Gasteiger partial charge < -0.3 is 4.57 Å². The van der Waals surface area contributed by atoms with E-state index in [2.05, 4.69) is 48.5 Å². The summed E-state index contributed by atoms with van der Waals surface area (Å²) in [5, 5.41) is 0. The van der Waals surface area contributed by atoms with Gasteiger partial charge in [0.15, 0.2) is 4.80 Å². The molecule has 0 atom stereocenters. The monoisotopic (exact) mass is 304 g/mol. The SMILES string of the molecule is CCCC(=O)N=c1sc2cc(C(C)C)ccc2n1CCC. The second kappa shape index (κ2) is 7.03. The molecule has 0 aliphatic rings. The van der Waals surface area contributed by atoms with E-state index >= 15 is 0 Å². The third-order valence-electron chi connectivity index (χ3n) is 3.50. The first-order valence-corrected chi connectivity index (χ1v) is 8.59. The molecule has 0 saturated carbocycles. The van der Waals surface area contributed by atoms with Crippen LogP contribution in [0, 0.1) is 0 Å². The molecule has 114 valence electrons. The molecule has 2 rings (SSSR count). The predicted molar refractivity (Wildman–Crippen MR) is 89.7 cm³/mol. The zero-order valence-electron chi connectivity index (χ0n) is 13.3. The molecule has 0 aliphatic carbocycles. The van der Waals surface area contributed by atoms with Crippen LogP contribution in [-0.2, 0) is 11.3 Å². The van der Waals surface area contributed by atoms with Gasteiger partial charge in [-0.3, -0.25) is 4.79 Å². The van der Waals surface area contributed by atoms with E-state index in [1.165, 1.54) is 15.8 Å². The van der Waals surface area contributed by atoms with E-state index in [9.17, 15) is 4.79 Å². The Labute approximate surface area is 130 Å². The lowest BCUT2D eigenvalue weighted by Gasteiger charge is -2.06. The molecule has 3 nitrogen and oxygen atoms in total. The number of amides is 1. The van der Waals surface area contributed by atoms with Gasteiger partial charge in [-0.05, 0) is 36.5 Å². The molecule has 0 radical (unpaired) electrons. The van der Waals surface area contributed by atoms with Crippen molar-refractivity contribution in [3.05, 3.63) is 28.6 Å². The van der Waals surface area contributed by atoms with Gasteiger partial charge in [-0.25, -0.2) is 0 Å². The summed E-state index contributed by atoms with van der Waals surface area (Å²) in [6.07, 6.45) is 2.41. The Hall–Kier alpha value is -1.42. The van der Waals surface area contributed by atoms with Crippen LogP contribution in [0.4, 0.5) is 0 Å². The van der Waals surface area contributed by atoms with Crippen LogP contribution < -0.4 is 4.80 Å². The molecule has 0 unspecified atom stereocenters. The topological polar surface area (TPSA) is 34.4 Å². The number of hydrogen-bond donors (Lipinski definition) is 0. The van der Waals surface area contributed by atoms with Gasteiger partial charge in [-0.1, -0.05) is 45.1 Å². The maximum atomic E-state index is 11.8. The fraction of sp³-hybridized carbons (Fsp3) is 0.529. The van der Waals surface area contributed by atoms with Crippen LogP contribution in [-0.4, -0.2) is 10.5 Å². The van der Waals surface area contributed by atoms with E-state index < -0.39 is 0 Å². The van der Waals surface area contributed by atoms with Gasteiger partial charge in [0, 0.05) is 13.0 Å². The van der Waals surface area contributed by atoms with E-state index in [0.717, 1.165) is 24.2 Å². The molecule has 0 spiro atoms. The van der Waals surface area contributed by atoms with Crippen LogP contribution >= 0.6 is 11.3 Å². The van der Waals surface area contributed by atoms with Crippen LogP contribution in [0.5, 0.6) is 0 Å². The molecule has 0 N–H and O–H groups in total. The Morgan fingerprint density at radius 3 is 2.67 bits per heavy atom. The lowest BCUT2D eigenvalue weighted by molar-refractivity contribution is -0.118. The molecule has 0 bridgehead atoms. The van der Waals surface area contributed by atoms with E-state index in [-0.39, 0.29) is 5.91 Å². The van der Waals surface area contributed by atoms with Crippen molar-refractivity contribution in [3.8, 4) is 0 Å². The van der Waals surface area contributed by atoms with Gasteiger partial charge >= 0.3 is 0 Å². The summed E-state index contributed by atoms with van der Waals surface area (Å²) in [6.45, 7) is 9.46. The van der Waals surface area contributed by atoms with Crippen molar-refractivity contribution < 1.29 is 4.79 Å². The van der Waals surface area contributed by atoms with Gasteiger partial charge in [0.05, 0.1) is 10.2 Å². The highest BCUT2D eigenvalue weighted by Gasteiger charge is 2.09. The molecular weight excluding hydrogens is 280 g/mol. The highest BCUT2D eigenvalue weighted by molar-refractivity contribution is 7.16. The zero-order chi connectivity index (χ0) is 15.4. The molecule has 1 aromatic heterocycles. The molecule has 0 fully saturated rings. The van der Waals surface area contributed by atoms with Crippen LogP contribution in [0.3, 0.4) is 0 Å². The van der Waals surface area contributed by atoms with E-state index in [1.54, 1.807) is 11.3 Å². The number of carbonyl (C=O) groups excluding carboxylic acids is 1. The number of carbonyl (C=O) groups is 1. The van der Waals surface area contributed by atoms with Crippen molar-refractivity contribution in [1.29, 1.82) is 0 Å². The number of hydrogen-bond acceptors (Lipinski definition) is 2. The van der Waals surface area contributed by atoms with Crippen LogP contribution in [0.25, 0.3) is 10.2 Å². The minimum atomic E-state index is -0.0157. The van der Waals surface area contributed by atoms with Crippen molar-refractivity contribution >= 4 is 27.5 Å². The summed E-state index contributed by atoms with van der Waals surface area (Å²) in [6, 6.07) is 6.59. The second-order valence-corrected chi connectivity index (χ2v) is 6.68. The average molecular weight is 304 g/mol. The molecule has 1 heterocycles. The number of rotatable bonds is 5. The zero-order valence-corrected chi connectivity index (χ0v) is 14.2. The number of aromatic nitrogens is 1. The summed E-state index contributed by atoms with van der Waals surface area (Å²) in [5.74, 6) is 0.497. The van der Waals surface area contributed by atoms with Crippen LogP contribution in [0.1, 0.15) is 58.4 Å². The molecule has 1 aromatic carbocycles. The van der Waals surface area contributed by atoms with Gasteiger partial charge in [0.2, 0.25) is 5.91 Å². The number of aryl methyl sites for hydroxylation is 1. The smallest absolute Gasteiger partial charge is 0.248 e. The largest absolute Gasteiger partial charge is 0.316 e. The van der Waals surface area contributed by atoms with Crippen molar-refractivity contribution in [2.24, 2.45) is 4.99 Å². The molecule has 1 amide bonds. The Morgan fingerprint density at radius 2 is 2.05 bits per heavy atom. The van der Waals surface area contributed by atoms with Gasteiger partial charge in [0.25, 0.3) is 0 Å². The van der Waals surface area contributed by atoms with Crippen molar-refractivity contribution in [1.82, 2.24) is 4.57 Å². The maximum absolute atomic E-state index is 11.8. The second-order valence-electron chi connectivity index (χ2n) is 5.67. The third kappa shape index (κ3) is 3.62. The highest BCUT2D eigenvalue weighted by Crippen LogP contribution is 2.23. The van der Waals surface area contributed by atoms with Crippen molar-refractivity contribution in [3.63, 3.8) is 0 Å². The fourth-order valence-electron chi connectivity index (χ4n) is 2.35. The average Bonchev–Trinajstić information content (AvgIpc) is 2.76. The lowest BCUT2D eigenvalue weighted by atomic mass is 10.0. The number of benzene rings is 1. The van der Waals surface area contributed by atoms with E-state index in [1.807, 2.05) is 6.92 Å². The summed E-state index contributed by atoms with van der Waals surface area (Å²) in [4.78, 5) is 17.0. The predicted octanol–water partition coefficient (Wildman–Crippen LogP) is 4.46. The normalized spacial score (nSPS) is 12.5. The quantitative estimate of drug-likeness (QED) is 0.803. The molecular formula is C17H24N2OS. The van der Waals surface area contributed by atoms with Gasteiger partial charge in [0.1, 0.15) is 0 Å². The number of fused-ring (bicyclic) bond motifs is 1. The first-order valence-electron chi connectivity index (χ1n) is 7.77. The minimum Gasteiger partial charge on any atom is -0.316 e. The van der Waals surface area contributed by atoms with E-state index in [4.69, 9.17) is 0 Å². The van der Waals surface area contributed by atoms with E-state index in [0.29, 0.717) is 12.3 Å². The highest BCUT2D eigenvalue weighted by atomic mass is 32.1. The molecule has 2 aromatic rings. The Bertz CT molecular complexity index is 694. The van der Waals surface area contributed by atoms with Crippen LogP contribution in [0.15, 0.2) is 23.2 Å². The number of nitrogens with zero attached hydrogens (tertiary/aromatic N) is 2. The van der Waals surface area contributed by atoms with Crippen LogP contribution in [0.2, 0.25) is 0 Å². The summed E-state index contributed by atoms with van der Waals surface area (Å²) < 4.78 is 3.40. The van der Waals surface area contributed by atoms with Gasteiger partial charge in [-0.2, -0.15) is 4.99 Å². The molecule has 4 heteroatoms. The Balaban J connectivity index is 2.58. The summed E-state index contributed by atoms with van der Waals surface area (Å²) in [5.41, 5.74) is 2.52. The van der Waals surface area contributed by atoms with Gasteiger partial charge in [-0.15, -0.1) is 0 Å². The molecule has 0 aliphatic heterocycles.